The zero-order valence-corrected chi connectivity index (χ0v) is 22.7. The number of unbranched alkanes of at least 4 members (excludes halogenated alkanes) is 15. The molecule has 198 valence electrons. The maximum absolute atomic E-state index is 11.9. The molecule has 0 bridgehead atoms. The van der Waals surface area contributed by atoms with Crippen LogP contribution in [0.25, 0.3) is 0 Å². The molecule has 2 amide bonds. The number of rotatable bonds is 25. The number of hydrogen-bond acceptors (Lipinski definition) is 2. The molecule has 0 heterocycles. The molecule has 0 unspecified atom stereocenters. The Balaban J connectivity index is 3.31. The molecule has 0 spiro atoms. The van der Waals surface area contributed by atoms with Gasteiger partial charge in [0.15, 0.2) is 0 Å². The fourth-order valence-corrected chi connectivity index (χ4v) is 4.08. The van der Waals surface area contributed by atoms with E-state index in [4.69, 9.17) is 0 Å². The first-order valence-corrected chi connectivity index (χ1v) is 14.5. The topological polar surface area (TPSA) is 58.2 Å². The minimum atomic E-state index is 0.131. The predicted octanol–water partition coefficient (Wildman–Crippen LogP) is 8.17. The Hall–Kier alpha value is -1.58. The highest BCUT2D eigenvalue weighted by Gasteiger charge is 2.04. The lowest BCUT2D eigenvalue weighted by atomic mass is 10.1. The molecule has 0 aliphatic heterocycles. The van der Waals surface area contributed by atoms with Gasteiger partial charge in [-0.05, 0) is 65.2 Å². The molecule has 0 aliphatic carbocycles. The summed E-state index contributed by atoms with van der Waals surface area (Å²) in [5, 5.41) is 6.04. The van der Waals surface area contributed by atoms with E-state index in [1.54, 1.807) is 0 Å². The summed E-state index contributed by atoms with van der Waals surface area (Å²) >= 11 is 0. The molecule has 0 aromatic rings. The number of carbonyl (C=O) groups is 2. The first kappa shape index (κ1) is 32.4. The second-order valence-electron chi connectivity index (χ2n) is 9.57. The molecule has 0 radical (unpaired) electrons. The average molecular weight is 477 g/mol. The van der Waals surface area contributed by atoms with Gasteiger partial charge in [-0.15, -0.1) is 0 Å². The molecule has 0 fully saturated rings. The Morgan fingerprint density at radius 2 is 0.794 bits per heavy atom. The second kappa shape index (κ2) is 27.7. The van der Waals surface area contributed by atoms with Crippen LogP contribution in [0.5, 0.6) is 0 Å². The number of allylic oxidation sites excluding steroid dienone is 4. The highest BCUT2D eigenvalue weighted by atomic mass is 16.2. The Labute approximate surface area is 211 Å². The van der Waals surface area contributed by atoms with Crippen LogP contribution in [0.3, 0.4) is 0 Å². The number of hydrogen-bond donors (Lipinski definition) is 2. The lowest BCUT2D eigenvalue weighted by Gasteiger charge is -2.07. The number of amides is 2. The van der Waals surface area contributed by atoms with Gasteiger partial charge in [0.05, 0.1) is 0 Å². The van der Waals surface area contributed by atoms with Gasteiger partial charge in [0.2, 0.25) is 11.8 Å². The maximum atomic E-state index is 11.9. The van der Waals surface area contributed by atoms with E-state index < -0.39 is 0 Å². The molecule has 0 aromatic carbocycles. The van der Waals surface area contributed by atoms with Gasteiger partial charge in [-0.3, -0.25) is 9.59 Å². The van der Waals surface area contributed by atoms with E-state index in [2.05, 4.69) is 48.8 Å². The van der Waals surface area contributed by atoms with Crippen LogP contribution in [0.4, 0.5) is 0 Å². The first-order chi connectivity index (χ1) is 16.7. The van der Waals surface area contributed by atoms with Crippen molar-refractivity contribution in [3.8, 4) is 0 Å². The van der Waals surface area contributed by atoms with Crippen LogP contribution >= 0.6 is 0 Å². The van der Waals surface area contributed by atoms with Crippen LogP contribution < -0.4 is 10.6 Å². The second-order valence-corrected chi connectivity index (χ2v) is 9.57. The molecule has 0 atom stereocenters. The van der Waals surface area contributed by atoms with Gasteiger partial charge >= 0.3 is 0 Å². The summed E-state index contributed by atoms with van der Waals surface area (Å²) in [6.07, 6.45) is 31.5. The summed E-state index contributed by atoms with van der Waals surface area (Å²) in [4.78, 5) is 23.8. The standard InChI is InChI=1S/C30H56N2O2/c1-3-5-7-9-11-13-15-17-19-23-27-31-29(33)25-21-22-26-30(34)32-28-24-20-18-16-14-12-10-8-6-4-2/h3-6H,7-28H2,1-2H3,(H,31,33)(H,32,34)/b5-3+,6-4+. The Bertz CT molecular complexity index is 468. The Morgan fingerprint density at radius 3 is 1.15 bits per heavy atom. The highest BCUT2D eigenvalue weighted by Crippen LogP contribution is 2.10. The molecule has 0 aliphatic rings. The third kappa shape index (κ3) is 26.7. The van der Waals surface area contributed by atoms with Crippen molar-refractivity contribution in [1.29, 1.82) is 0 Å². The maximum Gasteiger partial charge on any atom is 0.219 e. The van der Waals surface area contributed by atoms with Crippen molar-refractivity contribution in [3.05, 3.63) is 24.3 Å². The lowest BCUT2D eigenvalue weighted by Crippen LogP contribution is -2.25. The number of carbonyl (C=O) groups excluding carboxylic acids is 2. The molecular weight excluding hydrogens is 420 g/mol. The summed E-state index contributed by atoms with van der Waals surface area (Å²) in [6, 6.07) is 0. The van der Waals surface area contributed by atoms with E-state index in [0.29, 0.717) is 12.8 Å². The predicted molar refractivity (Wildman–Crippen MR) is 148 cm³/mol. The van der Waals surface area contributed by atoms with Gasteiger partial charge in [0.25, 0.3) is 0 Å². The van der Waals surface area contributed by atoms with Gasteiger partial charge in [-0.1, -0.05) is 88.5 Å². The fourth-order valence-electron chi connectivity index (χ4n) is 4.08. The Morgan fingerprint density at radius 1 is 0.471 bits per heavy atom. The molecule has 4 heteroatoms. The van der Waals surface area contributed by atoms with Crippen molar-refractivity contribution in [2.45, 2.75) is 142 Å². The minimum Gasteiger partial charge on any atom is -0.356 e. The van der Waals surface area contributed by atoms with Crippen LogP contribution in [0, 0.1) is 0 Å². The van der Waals surface area contributed by atoms with E-state index in [1.807, 2.05) is 0 Å². The third-order valence-electron chi connectivity index (χ3n) is 6.27. The molecule has 34 heavy (non-hydrogen) atoms. The first-order valence-electron chi connectivity index (χ1n) is 14.5. The van der Waals surface area contributed by atoms with Gasteiger partial charge in [-0.25, -0.2) is 0 Å². The van der Waals surface area contributed by atoms with Gasteiger partial charge < -0.3 is 10.6 Å². The van der Waals surface area contributed by atoms with Crippen molar-refractivity contribution < 1.29 is 9.59 Å². The van der Waals surface area contributed by atoms with Crippen LogP contribution in [0.2, 0.25) is 0 Å². The van der Waals surface area contributed by atoms with Gasteiger partial charge in [0.1, 0.15) is 0 Å². The number of nitrogens with one attached hydrogen (secondary N) is 2. The van der Waals surface area contributed by atoms with E-state index in [1.165, 1.54) is 89.9 Å². The van der Waals surface area contributed by atoms with Crippen LogP contribution in [0.1, 0.15) is 142 Å². The van der Waals surface area contributed by atoms with Crippen molar-refractivity contribution in [3.63, 3.8) is 0 Å². The third-order valence-corrected chi connectivity index (χ3v) is 6.27. The van der Waals surface area contributed by atoms with E-state index in [-0.39, 0.29) is 11.8 Å². The quantitative estimate of drug-likeness (QED) is 0.103. The normalized spacial score (nSPS) is 11.5. The molecule has 4 nitrogen and oxygen atoms in total. The average Bonchev–Trinajstić information content (AvgIpc) is 2.83. The highest BCUT2D eigenvalue weighted by molar-refractivity contribution is 5.77. The van der Waals surface area contributed by atoms with E-state index in [0.717, 1.165) is 38.8 Å². The summed E-state index contributed by atoms with van der Waals surface area (Å²) in [6.45, 7) is 5.74. The summed E-state index contributed by atoms with van der Waals surface area (Å²) in [5.41, 5.74) is 0. The fraction of sp³-hybridized carbons (Fsp3) is 0.800. The Kier molecular flexibility index (Phi) is 26.4. The van der Waals surface area contributed by atoms with Gasteiger partial charge in [0, 0.05) is 25.9 Å². The van der Waals surface area contributed by atoms with Crippen molar-refractivity contribution in [2.75, 3.05) is 13.1 Å². The van der Waals surface area contributed by atoms with E-state index >= 15 is 0 Å². The summed E-state index contributed by atoms with van der Waals surface area (Å²) in [7, 11) is 0. The molecule has 0 saturated carbocycles. The van der Waals surface area contributed by atoms with Crippen LogP contribution in [0.15, 0.2) is 24.3 Å². The van der Waals surface area contributed by atoms with Crippen LogP contribution in [-0.2, 0) is 9.59 Å². The zero-order valence-electron chi connectivity index (χ0n) is 22.7. The molecular formula is C30H56N2O2. The van der Waals surface area contributed by atoms with Crippen molar-refractivity contribution in [2.24, 2.45) is 0 Å². The van der Waals surface area contributed by atoms with Crippen molar-refractivity contribution in [1.82, 2.24) is 10.6 Å². The van der Waals surface area contributed by atoms with Crippen LogP contribution in [-0.4, -0.2) is 24.9 Å². The summed E-state index contributed by atoms with van der Waals surface area (Å²) < 4.78 is 0. The zero-order chi connectivity index (χ0) is 25.0. The molecule has 0 rings (SSSR count). The summed E-state index contributed by atoms with van der Waals surface area (Å²) in [5.74, 6) is 0.262. The molecule has 2 N–H and O–H groups in total. The lowest BCUT2D eigenvalue weighted by molar-refractivity contribution is -0.123. The largest absolute Gasteiger partial charge is 0.356 e. The SMILES string of the molecule is C/C=C/CCCCCCCCCNC(=O)CCCCC(=O)NCCCCCCCCC/C=C/C. The van der Waals surface area contributed by atoms with Crippen molar-refractivity contribution >= 4 is 11.8 Å². The monoisotopic (exact) mass is 476 g/mol. The molecule has 0 saturated heterocycles. The van der Waals surface area contributed by atoms with E-state index in [9.17, 15) is 9.59 Å². The smallest absolute Gasteiger partial charge is 0.219 e. The minimum absolute atomic E-state index is 0.131. The van der Waals surface area contributed by atoms with Gasteiger partial charge in [-0.2, -0.15) is 0 Å². The molecule has 0 aromatic heterocycles.